The van der Waals surface area contributed by atoms with E-state index >= 15 is 0 Å². The Hall–Kier alpha value is -1.85. The quantitative estimate of drug-likeness (QED) is 0.666. The summed E-state index contributed by atoms with van der Waals surface area (Å²) in [5.41, 5.74) is 4.19. The molecule has 0 aliphatic carbocycles. The molecule has 0 amide bonds. The van der Waals surface area contributed by atoms with Crippen LogP contribution in [0.4, 0.5) is 0 Å². The molecule has 2 N–H and O–H groups in total. The second kappa shape index (κ2) is 3.33. The fraction of sp³-hybridized carbons (Fsp3) is 0. The van der Waals surface area contributed by atoms with Crippen LogP contribution < -0.4 is 5.48 Å². The van der Waals surface area contributed by atoms with Gasteiger partial charge in [-0.05, 0) is 12.1 Å². The molecule has 3 aromatic rings. The summed E-state index contributed by atoms with van der Waals surface area (Å²) in [7, 11) is 0. The van der Waals surface area contributed by atoms with Crippen molar-refractivity contribution in [2.24, 2.45) is 0 Å². The van der Waals surface area contributed by atoms with E-state index in [0.717, 1.165) is 10.5 Å². The second-order valence-corrected chi connectivity index (χ2v) is 4.45. The van der Waals surface area contributed by atoms with Crippen LogP contribution in [0.1, 0.15) is 5.69 Å². The third-order valence-corrected chi connectivity index (χ3v) is 3.48. The second-order valence-electron chi connectivity index (χ2n) is 3.44. The Labute approximate surface area is 95.4 Å². The van der Waals surface area contributed by atoms with Crippen LogP contribution in [0.5, 0.6) is 0 Å². The summed E-state index contributed by atoms with van der Waals surface area (Å²) in [6, 6.07) is 8.10. The van der Waals surface area contributed by atoms with Gasteiger partial charge in [0, 0.05) is 6.20 Å². The fourth-order valence-electron chi connectivity index (χ4n) is 1.65. The zero-order valence-corrected chi connectivity index (χ0v) is 9.16. The lowest BCUT2D eigenvalue weighted by Crippen LogP contribution is -2.03. The summed E-state index contributed by atoms with van der Waals surface area (Å²) in [4.78, 5) is 5.28. The lowest BCUT2D eigenvalue weighted by Gasteiger charge is -1.96. The van der Waals surface area contributed by atoms with Gasteiger partial charge in [-0.15, -0.1) is 0 Å². The minimum Gasteiger partial charge on any atom is -0.291 e. The monoisotopic (exact) mass is 231 g/mol. The molecular formula is C11H9N3OS. The van der Waals surface area contributed by atoms with E-state index in [1.54, 1.807) is 11.3 Å². The first-order valence-electron chi connectivity index (χ1n) is 4.75. The average molecular weight is 231 g/mol. The molecule has 5 heteroatoms. The predicted octanol–water partition coefficient (Wildman–Crippen LogP) is 2.50. The molecule has 2 heterocycles. The summed E-state index contributed by atoms with van der Waals surface area (Å²) >= 11 is 1.61. The number of fused-ring (bicyclic) bond motifs is 3. The van der Waals surface area contributed by atoms with Crippen molar-refractivity contribution in [2.45, 2.75) is 0 Å². The van der Waals surface area contributed by atoms with Crippen molar-refractivity contribution in [1.29, 1.82) is 0 Å². The van der Waals surface area contributed by atoms with Crippen molar-refractivity contribution in [3.63, 3.8) is 0 Å². The molecule has 0 saturated heterocycles. The smallest absolute Gasteiger partial charge is 0.195 e. The van der Waals surface area contributed by atoms with Crippen LogP contribution in [0, 0.1) is 0 Å². The number of thiazole rings is 1. The SMILES string of the molecule is C=C(NO)c1cn2c(n1)sc1ccccc12. The van der Waals surface area contributed by atoms with Gasteiger partial charge in [0.2, 0.25) is 0 Å². The maximum Gasteiger partial charge on any atom is 0.195 e. The average Bonchev–Trinajstić information content (AvgIpc) is 2.85. The first kappa shape index (κ1) is 9.38. The highest BCUT2D eigenvalue weighted by molar-refractivity contribution is 7.23. The van der Waals surface area contributed by atoms with Crippen molar-refractivity contribution in [3.8, 4) is 0 Å². The van der Waals surface area contributed by atoms with E-state index in [9.17, 15) is 0 Å². The largest absolute Gasteiger partial charge is 0.291 e. The van der Waals surface area contributed by atoms with Gasteiger partial charge in [-0.1, -0.05) is 30.0 Å². The molecule has 0 aliphatic heterocycles. The van der Waals surface area contributed by atoms with E-state index in [2.05, 4.69) is 17.6 Å². The molecule has 0 atom stereocenters. The van der Waals surface area contributed by atoms with Crippen molar-refractivity contribution >= 4 is 32.2 Å². The van der Waals surface area contributed by atoms with E-state index < -0.39 is 0 Å². The summed E-state index contributed by atoms with van der Waals surface area (Å²) in [6.45, 7) is 3.67. The maximum atomic E-state index is 8.77. The van der Waals surface area contributed by atoms with Crippen LogP contribution in [0.25, 0.3) is 20.9 Å². The molecule has 3 rings (SSSR count). The number of aromatic nitrogens is 2. The Morgan fingerprint density at radius 3 is 3.06 bits per heavy atom. The first-order chi connectivity index (χ1) is 7.79. The Kier molecular flexibility index (Phi) is 1.95. The van der Waals surface area contributed by atoms with Crippen molar-refractivity contribution < 1.29 is 5.21 Å². The normalized spacial score (nSPS) is 11.1. The molecule has 1 aromatic carbocycles. The molecular weight excluding hydrogens is 222 g/mol. The molecule has 0 saturated carbocycles. The minimum absolute atomic E-state index is 0.403. The van der Waals surface area contributed by atoms with E-state index in [1.807, 2.05) is 34.3 Å². The van der Waals surface area contributed by atoms with E-state index in [4.69, 9.17) is 5.21 Å². The zero-order valence-electron chi connectivity index (χ0n) is 8.34. The maximum absolute atomic E-state index is 8.77. The molecule has 16 heavy (non-hydrogen) atoms. The number of nitrogens with zero attached hydrogens (tertiary/aromatic N) is 2. The molecule has 2 aromatic heterocycles. The van der Waals surface area contributed by atoms with Crippen LogP contribution in [0.15, 0.2) is 37.0 Å². The highest BCUT2D eigenvalue weighted by Gasteiger charge is 2.09. The van der Waals surface area contributed by atoms with E-state index in [0.29, 0.717) is 11.4 Å². The Bertz CT molecular complexity index is 683. The summed E-state index contributed by atoms with van der Waals surface area (Å²) in [6.07, 6.45) is 1.86. The van der Waals surface area contributed by atoms with Crippen LogP contribution in [0.2, 0.25) is 0 Å². The number of para-hydroxylation sites is 1. The standard InChI is InChI=1S/C11H9N3OS/c1-7(13-15)8-6-14-9-4-2-3-5-10(9)16-11(14)12-8/h2-6,13,15H,1H2. The fourth-order valence-corrected chi connectivity index (χ4v) is 2.66. The number of nitrogens with one attached hydrogen (secondary N) is 1. The number of benzene rings is 1. The molecule has 0 unspecified atom stereocenters. The zero-order chi connectivity index (χ0) is 11.1. The van der Waals surface area contributed by atoms with Crippen molar-refractivity contribution in [1.82, 2.24) is 14.9 Å². The van der Waals surface area contributed by atoms with E-state index in [1.165, 1.54) is 4.70 Å². The predicted molar refractivity (Wildman–Crippen MR) is 64.5 cm³/mol. The highest BCUT2D eigenvalue weighted by atomic mass is 32.1. The van der Waals surface area contributed by atoms with Gasteiger partial charge >= 0.3 is 0 Å². The molecule has 4 nitrogen and oxygen atoms in total. The van der Waals surface area contributed by atoms with Crippen molar-refractivity contribution in [3.05, 3.63) is 42.7 Å². The number of hydrogen-bond acceptors (Lipinski definition) is 4. The van der Waals surface area contributed by atoms with Crippen LogP contribution in [0.3, 0.4) is 0 Å². The lowest BCUT2D eigenvalue weighted by molar-refractivity contribution is 0.224. The number of hydroxylamine groups is 1. The van der Waals surface area contributed by atoms with Gasteiger partial charge in [0.1, 0.15) is 5.69 Å². The van der Waals surface area contributed by atoms with Gasteiger partial charge in [-0.2, -0.15) is 0 Å². The Balaban J connectivity index is 2.30. The molecule has 0 radical (unpaired) electrons. The Morgan fingerprint density at radius 2 is 2.25 bits per heavy atom. The summed E-state index contributed by atoms with van der Waals surface area (Å²) in [5, 5.41) is 8.77. The third-order valence-electron chi connectivity index (χ3n) is 2.44. The van der Waals surface area contributed by atoms with Gasteiger partial charge < -0.3 is 0 Å². The molecule has 0 fully saturated rings. The molecule has 80 valence electrons. The number of hydrogen-bond donors (Lipinski definition) is 2. The van der Waals surface area contributed by atoms with Gasteiger partial charge in [0.15, 0.2) is 4.96 Å². The van der Waals surface area contributed by atoms with Gasteiger partial charge in [0.05, 0.1) is 15.9 Å². The molecule has 0 aliphatic rings. The number of rotatable bonds is 2. The minimum atomic E-state index is 0.403. The molecule has 0 spiro atoms. The van der Waals surface area contributed by atoms with E-state index in [-0.39, 0.29) is 0 Å². The van der Waals surface area contributed by atoms with Crippen LogP contribution >= 0.6 is 11.3 Å². The molecule has 0 bridgehead atoms. The Morgan fingerprint density at radius 1 is 1.44 bits per heavy atom. The van der Waals surface area contributed by atoms with Gasteiger partial charge in [0.25, 0.3) is 0 Å². The lowest BCUT2D eigenvalue weighted by atomic mass is 10.3. The number of imidazole rings is 1. The van der Waals surface area contributed by atoms with Crippen LogP contribution in [-0.4, -0.2) is 14.6 Å². The highest BCUT2D eigenvalue weighted by Crippen LogP contribution is 2.26. The first-order valence-corrected chi connectivity index (χ1v) is 5.57. The third kappa shape index (κ3) is 1.22. The summed E-state index contributed by atoms with van der Waals surface area (Å²) in [5.74, 6) is 0. The van der Waals surface area contributed by atoms with Crippen LogP contribution in [-0.2, 0) is 0 Å². The topological polar surface area (TPSA) is 49.6 Å². The van der Waals surface area contributed by atoms with Gasteiger partial charge in [-0.3, -0.25) is 15.1 Å². The van der Waals surface area contributed by atoms with Crippen molar-refractivity contribution in [2.75, 3.05) is 0 Å². The van der Waals surface area contributed by atoms with Gasteiger partial charge in [-0.25, -0.2) is 4.98 Å². The summed E-state index contributed by atoms with van der Waals surface area (Å²) < 4.78 is 3.19.